The summed E-state index contributed by atoms with van der Waals surface area (Å²) in [7, 11) is 2.65. The average Bonchev–Trinajstić information content (AvgIpc) is 3.17. The molecule has 0 saturated carbocycles. The van der Waals surface area contributed by atoms with Gasteiger partial charge in [-0.1, -0.05) is 17.4 Å². The number of fused-ring (bicyclic) bond motifs is 1. The zero-order valence-corrected chi connectivity index (χ0v) is 21.0. The maximum absolute atomic E-state index is 13.6. The lowest BCUT2D eigenvalue weighted by molar-refractivity contribution is -0.384. The summed E-state index contributed by atoms with van der Waals surface area (Å²) in [4.78, 5) is 53.2. The van der Waals surface area contributed by atoms with Gasteiger partial charge in [0.1, 0.15) is 0 Å². The third kappa shape index (κ3) is 4.91. The summed E-state index contributed by atoms with van der Waals surface area (Å²) in [6, 6.07) is 9.60. The van der Waals surface area contributed by atoms with Crippen LogP contribution in [0.2, 0.25) is 0 Å². The molecule has 190 valence electrons. The second-order valence-corrected chi connectivity index (χ2v) is 8.94. The van der Waals surface area contributed by atoms with Gasteiger partial charge >= 0.3 is 11.9 Å². The highest BCUT2D eigenvalue weighted by Gasteiger charge is 2.33. The van der Waals surface area contributed by atoms with Crippen LogP contribution in [0.25, 0.3) is 6.08 Å². The third-order valence-corrected chi connectivity index (χ3v) is 6.57. The van der Waals surface area contributed by atoms with E-state index in [1.807, 2.05) is 0 Å². The lowest BCUT2D eigenvalue weighted by Gasteiger charge is -2.25. The van der Waals surface area contributed by atoms with Crippen LogP contribution in [0.15, 0.2) is 63.5 Å². The number of nitrogens with zero attached hydrogens (tertiary/aromatic N) is 3. The van der Waals surface area contributed by atoms with Crippen LogP contribution in [-0.4, -0.2) is 35.6 Å². The number of nitro groups is 1. The summed E-state index contributed by atoms with van der Waals surface area (Å²) < 4.78 is 17.3. The Morgan fingerprint density at radius 3 is 2.43 bits per heavy atom. The molecule has 0 amide bonds. The van der Waals surface area contributed by atoms with Gasteiger partial charge in [0, 0.05) is 19.1 Å². The lowest BCUT2D eigenvalue weighted by atomic mass is 9.95. The van der Waals surface area contributed by atoms with E-state index in [-0.39, 0.29) is 22.8 Å². The fraction of sp³-hybridized carbons (Fsp3) is 0.200. The van der Waals surface area contributed by atoms with Crippen molar-refractivity contribution in [2.24, 2.45) is 4.99 Å². The number of thiazole rings is 1. The fourth-order valence-electron chi connectivity index (χ4n) is 3.95. The number of methoxy groups -OCH3 is 2. The molecule has 1 aromatic heterocycles. The summed E-state index contributed by atoms with van der Waals surface area (Å²) in [5.41, 5.74) is 1.16. The number of aromatic nitrogens is 1. The molecule has 37 heavy (non-hydrogen) atoms. The Kier molecular flexibility index (Phi) is 7.02. The molecular weight excluding hydrogens is 502 g/mol. The van der Waals surface area contributed by atoms with Crippen LogP contribution in [0, 0.1) is 10.1 Å². The molecule has 4 rings (SSSR count). The van der Waals surface area contributed by atoms with E-state index >= 15 is 0 Å². The summed E-state index contributed by atoms with van der Waals surface area (Å²) in [6.07, 6.45) is 1.60. The molecule has 1 unspecified atom stereocenters. The topological polar surface area (TPSA) is 139 Å². The number of ether oxygens (including phenoxy) is 3. The maximum atomic E-state index is 13.6. The number of allylic oxidation sites excluding steroid dienone is 1. The first kappa shape index (κ1) is 25.5. The van der Waals surface area contributed by atoms with Gasteiger partial charge in [-0.15, -0.1) is 0 Å². The molecule has 0 aliphatic carbocycles. The molecule has 2 heterocycles. The van der Waals surface area contributed by atoms with Crippen molar-refractivity contribution >= 4 is 35.0 Å². The van der Waals surface area contributed by atoms with E-state index in [4.69, 9.17) is 14.2 Å². The fourth-order valence-corrected chi connectivity index (χ4v) is 4.99. The molecule has 1 aliphatic heterocycles. The molecule has 1 aliphatic rings. The largest absolute Gasteiger partial charge is 0.493 e. The minimum Gasteiger partial charge on any atom is -0.493 e. The Morgan fingerprint density at radius 2 is 1.84 bits per heavy atom. The molecule has 0 fully saturated rings. The van der Waals surface area contributed by atoms with E-state index in [0.717, 1.165) is 11.3 Å². The van der Waals surface area contributed by atoms with E-state index in [2.05, 4.69) is 4.99 Å². The quantitative estimate of drug-likeness (QED) is 0.207. The average molecular weight is 524 g/mol. The van der Waals surface area contributed by atoms with Crippen molar-refractivity contribution in [3.05, 3.63) is 94.7 Å². The van der Waals surface area contributed by atoms with Crippen molar-refractivity contribution in [1.29, 1.82) is 0 Å². The highest BCUT2D eigenvalue weighted by molar-refractivity contribution is 7.07. The van der Waals surface area contributed by atoms with Gasteiger partial charge in [0.15, 0.2) is 16.3 Å². The first-order valence-corrected chi connectivity index (χ1v) is 11.7. The van der Waals surface area contributed by atoms with E-state index in [1.165, 1.54) is 56.0 Å². The zero-order valence-electron chi connectivity index (χ0n) is 20.2. The first-order chi connectivity index (χ1) is 17.6. The van der Waals surface area contributed by atoms with E-state index < -0.39 is 28.5 Å². The molecule has 11 nitrogen and oxygen atoms in total. The van der Waals surface area contributed by atoms with Gasteiger partial charge in [0.25, 0.3) is 11.2 Å². The van der Waals surface area contributed by atoms with Crippen LogP contribution in [0.4, 0.5) is 5.69 Å². The Hall–Kier alpha value is -4.58. The number of benzene rings is 2. The molecule has 1 atom stereocenters. The molecule has 0 saturated heterocycles. The van der Waals surface area contributed by atoms with Crippen LogP contribution in [0.5, 0.6) is 11.5 Å². The maximum Gasteiger partial charge on any atom is 0.338 e. The van der Waals surface area contributed by atoms with Crippen molar-refractivity contribution in [2.75, 3.05) is 14.2 Å². The van der Waals surface area contributed by atoms with Crippen molar-refractivity contribution in [3.8, 4) is 11.5 Å². The van der Waals surface area contributed by atoms with Gasteiger partial charge in [-0.25, -0.2) is 9.79 Å². The van der Waals surface area contributed by atoms with Gasteiger partial charge in [-0.3, -0.25) is 24.3 Å². The predicted molar refractivity (Wildman–Crippen MR) is 133 cm³/mol. The minimum atomic E-state index is -0.900. The molecule has 0 N–H and O–H groups in total. The molecule has 0 spiro atoms. The Balaban J connectivity index is 1.92. The van der Waals surface area contributed by atoms with Crippen LogP contribution in [-0.2, 0) is 14.3 Å². The van der Waals surface area contributed by atoms with E-state index in [1.54, 1.807) is 25.1 Å². The monoisotopic (exact) mass is 523 g/mol. The smallest absolute Gasteiger partial charge is 0.338 e. The summed E-state index contributed by atoms with van der Waals surface area (Å²) in [5.74, 6) is -0.764. The molecule has 0 bridgehead atoms. The van der Waals surface area contributed by atoms with Gasteiger partial charge in [0.2, 0.25) is 0 Å². The van der Waals surface area contributed by atoms with Crippen LogP contribution < -0.4 is 24.4 Å². The first-order valence-electron chi connectivity index (χ1n) is 10.9. The second kappa shape index (κ2) is 10.2. The molecule has 0 radical (unpaired) electrons. The molecule has 3 aromatic rings. The number of hydrogen-bond donors (Lipinski definition) is 0. The van der Waals surface area contributed by atoms with Gasteiger partial charge < -0.3 is 14.2 Å². The highest BCUT2D eigenvalue weighted by atomic mass is 32.1. The molecular formula is C25H21N3O8S. The number of nitro benzene ring substituents is 1. The number of hydrogen-bond acceptors (Lipinski definition) is 10. The second-order valence-electron chi connectivity index (χ2n) is 7.93. The predicted octanol–water partition coefficient (Wildman–Crippen LogP) is 2.25. The summed E-state index contributed by atoms with van der Waals surface area (Å²) in [5, 5.41) is 10.9. The van der Waals surface area contributed by atoms with Crippen molar-refractivity contribution in [2.45, 2.75) is 19.9 Å². The van der Waals surface area contributed by atoms with Crippen molar-refractivity contribution in [1.82, 2.24) is 4.57 Å². The van der Waals surface area contributed by atoms with Gasteiger partial charge in [0.05, 0.1) is 41.0 Å². The Bertz CT molecular complexity index is 1630. The Morgan fingerprint density at radius 1 is 1.14 bits per heavy atom. The number of non-ortho nitro benzene ring substituents is 1. The Labute approximate surface area is 213 Å². The third-order valence-electron chi connectivity index (χ3n) is 5.59. The van der Waals surface area contributed by atoms with Crippen LogP contribution in [0.3, 0.4) is 0 Å². The van der Waals surface area contributed by atoms with Crippen LogP contribution >= 0.6 is 11.3 Å². The standard InChI is InChI=1S/C25H21N3O8S/c1-13-21(24(31)35-4)22(16-7-10-18(36-14(2)29)19(12-16)34-3)27-23(30)20(37-25(27)26-13)11-15-5-8-17(9-6-15)28(32)33/h5-12,22H,1-4H3. The number of carbonyl (C=O) groups excluding carboxylic acids is 2. The van der Waals surface area contributed by atoms with E-state index in [9.17, 15) is 24.5 Å². The minimum absolute atomic E-state index is 0.0666. The zero-order chi connectivity index (χ0) is 26.9. The number of rotatable bonds is 6. The van der Waals surface area contributed by atoms with E-state index in [0.29, 0.717) is 26.2 Å². The highest BCUT2D eigenvalue weighted by Crippen LogP contribution is 2.36. The number of esters is 2. The SMILES string of the molecule is COC(=O)C1=C(C)N=c2sc(=Cc3ccc([N+](=O)[O-])cc3)c(=O)n2C1c1ccc(OC(C)=O)c(OC)c1. The van der Waals surface area contributed by atoms with Crippen LogP contribution in [0.1, 0.15) is 31.0 Å². The van der Waals surface area contributed by atoms with Crippen molar-refractivity contribution in [3.63, 3.8) is 0 Å². The normalized spacial score (nSPS) is 15.0. The van der Waals surface area contributed by atoms with Crippen molar-refractivity contribution < 1.29 is 28.7 Å². The summed E-state index contributed by atoms with van der Waals surface area (Å²) >= 11 is 1.12. The van der Waals surface area contributed by atoms with Gasteiger partial charge in [-0.05, 0) is 48.4 Å². The lowest BCUT2D eigenvalue weighted by Crippen LogP contribution is -2.39. The molecule has 2 aromatic carbocycles. The van der Waals surface area contributed by atoms with Gasteiger partial charge in [-0.2, -0.15) is 0 Å². The molecule has 12 heteroatoms. The summed E-state index contributed by atoms with van der Waals surface area (Å²) in [6.45, 7) is 2.91. The number of carbonyl (C=O) groups is 2.